The number of pyridine rings is 1. The van der Waals surface area contributed by atoms with Gasteiger partial charge < -0.3 is 4.57 Å². The van der Waals surface area contributed by atoms with E-state index in [-0.39, 0.29) is 5.56 Å². The van der Waals surface area contributed by atoms with Crippen LogP contribution in [0.4, 0.5) is 0 Å². The maximum Gasteiger partial charge on any atom is 0.250 e. The Labute approximate surface area is 130 Å². The number of aryl methyl sites for hydroxylation is 2. The molecule has 3 aromatic rings. The fourth-order valence-electron chi connectivity index (χ4n) is 2.53. The van der Waals surface area contributed by atoms with E-state index in [0.717, 1.165) is 16.7 Å². The minimum absolute atomic E-state index is 0.0245. The predicted molar refractivity (Wildman–Crippen MR) is 91.2 cm³/mol. The van der Waals surface area contributed by atoms with E-state index >= 15 is 0 Å². The Morgan fingerprint density at radius 1 is 0.818 bits per heavy atom. The summed E-state index contributed by atoms with van der Waals surface area (Å²) in [6, 6.07) is 20.0. The molecule has 22 heavy (non-hydrogen) atoms. The lowest BCUT2D eigenvalue weighted by molar-refractivity contribution is 0.761. The number of rotatable bonds is 3. The van der Waals surface area contributed by atoms with E-state index in [4.69, 9.17) is 0 Å². The second kappa shape index (κ2) is 6.02. The van der Waals surface area contributed by atoms with Gasteiger partial charge in [-0.1, -0.05) is 48.5 Å². The van der Waals surface area contributed by atoms with E-state index in [2.05, 4.69) is 32.0 Å². The molecule has 1 heterocycles. The molecule has 0 unspecified atom stereocenters. The third-order valence-corrected chi connectivity index (χ3v) is 4.02. The van der Waals surface area contributed by atoms with Crippen LogP contribution < -0.4 is 5.56 Å². The Bertz CT molecular complexity index is 847. The van der Waals surface area contributed by atoms with Crippen molar-refractivity contribution < 1.29 is 0 Å². The van der Waals surface area contributed by atoms with Crippen molar-refractivity contribution >= 4 is 0 Å². The monoisotopic (exact) mass is 289 g/mol. The van der Waals surface area contributed by atoms with E-state index in [1.54, 1.807) is 10.6 Å². The number of hydrogen-bond donors (Lipinski definition) is 0. The molecule has 0 saturated heterocycles. The second-order valence-electron chi connectivity index (χ2n) is 5.67. The lowest BCUT2D eigenvalue weighted by Crippen LogP contribution is -2.19. The average molecular weight is 289 g/mol. The Morgan fingerprint density at radius 3 is 2.27 bits per heavy atom. The summed E-state index contributed by atoms with van der Waals surface area (Å²) in [5.74, 6) is 0. The minimum Gasteiger partial charge on any atom is -0.310 e. The number of nitrogens with zero attached hydrogens (tertiary/aromatic N) is 1. The summed E-state index contributed by atoms with van der Waals surface area (Å²) in [6.07, 6.45) is 1.94. The molecule has 0 aliphatic carbocycles. The highest BCUT2D eigenvalue weighted by Gasteiger charge is 2.04. The Morgan fingerprint density at radius 2 is 1.55 bits per heavy atom. The van der Waals surface area contributed by atoms with Gasteiger partial charge in [-0.05, 0) is 47.7 Å². The summed E-state index contributed by atoms with van der Waals surface area (Å²) < 4.78 is 1.76. The highest BCUT2D eigenvalue weighted by atomic mass is 16.1. The number of benzene rings is 2. The average Bonchev–Trinajstić information content (AvgIpc) is 2.53. The molecule has 2 aromatic carbocycles. The molecule has 0 aliphatic rings. The van der Waals surface area contributed by atoms with E-state index in [1.807, 2.05) is 42.6 Å². The maximum atomic E-state index is 12.1. The van der Waals surface area contributed by atoms with Crippen LogP contribution in [-0.2, 0) is 6.54 Å². The summed E-state index contributed by atoms with van der Waals surface area (Å²) in [7, 11) is 0. The van der Waals surface area contributed by atoms with Crippen molar-refractivity contribution in [1.29, 1.82) is 0 Å². The molecule has 3 rings (SSSR count). The molecule has 0 fully saturated rings. The first-order chi connectivity index (χ1) is 10.6. The molecule has 2 nitrogen and oxygen atoms in total. The normalized spacial score (nSPS) is 10.6. The van der Waals surface area contributed by atoms with Gasteiger partial charge in [-0.3, -0.25) is 4.79 Å². The second-order valence-corrected chi connectivity index (χ2v) is 5.67. The molecular formula is C20H19NO. The van der Waals surface area contributed by atoms with Crippen molar-refractivity contribution in [2.75, 3.05) is 0 Å². The van der Waals surface area contributed by atoms with Crippen LogP contribution in [0.15, 0.2) is 71.7 Å². The summed E-state index contributed by atoms with van der Waals surface area (Å²) >= 11 is 0. The topological polar surface area (TPSA) is 22.0 Å². The van der Waals surface area contributed by atoms with Crippen LogP contribution in [0.1, 0.15) is 16.7 Å². The van der Waals surface area contributed by atoms with E-state index in [0.29, 0.717) is 6.54 Å². The minimum atomic E-state index is 0.0245. The maximum absolute atomic E-state index is 12.1. The van der Waals surface area contributed by atoms with Gasteiger partial charge in [-0.2, -0.15) is 0 Å². The molecule has 2 heteroatoms. The quantitative estimate of drug-likeness (QED) is 0.709. The van der Waals surface area contributed by atoms with Gasteiger partial charge >= 0.3 is 0 Å². The zero-order chi connectivity index (χ0) is 15.5. The van der Waals surface area contributed by atoms with Gasteiger partial charge in [0.15, 0.2) is 0 Å². The first-order valence-electron chi connectivity index (χ1n) is 7.45. The standard InChI is InChI=1S/C20H19NO/c1-15-8-9-18(12-16(15)2)19-10-11-20(22)21(14-19)13-17-6-4-3-5-7-17/h3-12,14H,13H2,1-2H3. The highest BCUT2D eigenvalue weighted by molar-refractivity contribution is 5.63. The zero-order valence-electron chi connectivity index (χ0n) is 12.9. The van der Waals surface area contributed by atoms with Gasteiger partial charge in [0.2, 0.25) is 0 Å². The van der Waals surface area contributed by atoms with Gasteiger partial charge in [0, 0.05) is 12.3 Å². The summed E-state index contributed by atoms with van der Waals surface area (Å²) in [6.45, 7) is 4.81. The summed E-state index contributed by atoms with van der Waals surface area (Å²) in [5.41, 5.74) is 5.90. The molecular weight excluding hydrogens is 270 g/mol. The van der Waals surface area contributed by atoms with Crippen LogP contribution in [0, 0.1) is 13.8 Å². The molecule has 110 valence electrons. The largest absolute Gasteiger partial charge is 0.310 e. The SMILES string of the molecule is Cc1ccc(-c2ccc(=O)n(Cc3ccccc3)c2)cc1C. The van der Waals surface area contributed by atoms with Crippen LogP contribution in [0.25, 0.3) is 11.1 Å². The lowest BCUT2D eigenvalue weighted by Gasteiger charge is -2.10. The van der Waals surface area contributed by atoms with Gasteiger partial charge in [0.25, 0.3) is 5.56 Å². The molecule has 0 N–H and O–H groups in total. The third kappa shape index (κ3) is 3.01. The third-order valence-electron chi connectivity index (χ3n) is 4.02. The Balaban J connectivity index is 1.99. The smallest absolute Gasteiger partial charge is 0.250 e. The molecule has 1 aromatic heterocycles. The fourth-order valence-corrected chi connectivity index (χ4v) is 2.53. The van der Waals surface area contributed by atoms with Crippen LogP contribution in [0.5, 0.6) is 0 Å². The molecule has 0 amide bonds. The van der Waals surface area contributed by atoms with Gasteiger partial charge in [0.1, 0.15) is 0 Å². The van der Waals surface area contributed by atoms with Crippen LogP contribution in [-0.4, -0.2) is 4.57 Å². The molecule has 0 bridgehead atoms. The van der Waals surface area contributed by atoms with E-state index < -0.39 is 0 Å². The number of aromatic nitrogens is 1. The Hall–Kier alpha value is -2.61. The summed E-state index contributed by atoms with van der Waals surface area (Å²) in [4.78, 5) is 12.1. The van der Waals surface area contributed by atoms with E-state index in [1.165, 1.54) is 11.1 Å². The Kier molecular flexibility index (Phi) is 3.92. The molecule has 0 aliphatic heterocycles. The van der Waals surface area contributed by atoms with Crippen molar-refractivity contribution in [1.82, 2.24) is 4.57 Å². The van der Waals surface area contributed by atoms with Crippen molar-refractivity contribution in [2.45, 2.75) is 20.4 Å². The highest BCUT2D eigenvalue weighted by Crippen LogP contribution is 2.21. The molecule has 0 spiro atoms. The van der Waals surface area contributed by atoms with Gasteiger partial charge in [-0.15, -0.1) is 0 Å². The van der Waals surface area contributed by atoms with Crippen molar-refractivity contribution in [3.8, 4) is 11.1 Å². The molecule has 0 atom stereocenters. The molecule has 0 radical (unpaired) electrons. The van der Waals surface area contributed by atoms with Crippen LogP contribution in [0.3, 0.4) is 0 Å². The number of hydrogen-bond acceptors (Lipinski definition) is 1. The predicted octanol–water partition coefficient (Wildman–Crippen LogP) is 4.18. The van der Waals surface area contributed by atoms with Gasteiger partial charge in [-0.25, -0.2) is 0 Å². The van der Waals surface area contributed by atoms with Gasteiger partial charge in [0.05, 0.1) is 6.54 Å². The fraction of sp³-hybridized carbons (Fsp3) is 0.150. The van der Waals surface area contributed by atoms with Crippen molar-refractivity contribution in [3.05, 3.63) is 93.9 Å². The zero-order valence-corrected chi connectivity index (χ0v) is 12.9. The first kappa shape index (κ1) is 14.3. The first-order valence-corrected chi connectivity index (χ1v) is 7.45. The van der Waals surface area contributed by atoms with Crippen molar-refractivity contribution in [3.63, 3.8) is 0 Å². The summed E-state index contributed by atoms with van der Waals surface area (Å²) in [5, 5.41) is 0. The van der Waals surface area contributed by atoms with Crippen LogP contribution in [0.2, 0.25) is 0 Å². The van der Waals surface area contributed by atoms with Crippen molar-refractivity contribution in [2.24, 2.45) is 0 Å². The lowest BCUT2D eigenvalue weighted by atomic mass is 10.0. The van der Waals surface area contributed by atoms with E-state index in [9.17, 15) is 4.79 Å². The molecule has 0 saturated carbocycles. The van der Waals surface area contributed by atoms with Crippen LogP contribution >= 0.6 is 0 Å².